The van der Waals surface area contributed by atoms with Gasteiger partial charge in [0.1, 0.15) is 18.9 Å². The lowest BCUT2D eigenvalue weighted by Gasteiger charge is -2.39. The van der Waals surface area contributed by atoms with Crippen LogP contribution in [0, 0.1) is 0 Å². The maximum atomic E-state index is 11.5. The smallest absolute Gasteiger partial charge is 0.358 e. The molecule has 1 unspecified atom stereocenters. The molecule has 29 heavy (non-hydrogen) atoms. The molecular weight excluding hydrogens is 413 g/mol. The van der Waals surface area contributed by atoms with Crippen molar-refractivity contribution in [3.63, 3.8) is 0 Å². The summed E-state index contributed by atoms with van der Waals surface area (Å²) in [6.45, 7) is 2.51. The minimum atomic E-state index is -1.84. The van der Waals surface area contributed by atoms with Crippen LogP contribution in [-0.4, -0.2) is 30.2 Å². The molecule has 6 nitrogen and oxygen atoms in total. The first kappa shape index (κ1) is 20.1. The number of carbonyl (C=O) groups is 1. The molecule has 2 aliphatic heterocycles. The highest BCUT2D eigenvalue weighted by molar-refractivity contribution is 6.49. The van der Waals surface area contributed by atoms with Crippen LogP contribution in [0.4, 0.5) is 11.4 Å². The molecule has 0 bridgehead atoms. The second-order valence-corrected chi connectivity index (χ2v) is 8.53. The van der Waals surface area contributed by atoms with Crippen LogP contribution in [0.3, 0.4) is 0 Å². The highest BCUT2D eigenvalue weighted by Crippen LogP contribution is 2.39. The number of nitrogens with zero attached hydrogens (tertiary/aromatic N) is 2. The van der Waals surface area contributed by atoms with Gasteiger partial charge < -0.3 is 14.4 Å². The first-order valence-corrected chi connectivity index (χ1v) is 10.3. The van der Waals surface area contributed by atoms with Gasteiger partial charge in [-0.15, -0.1) is 0 Å². The fraction of sp³-hybridized carbons (Fsp3) is 0.381. The largest absolute Gasteiger partial charge is 0.487 e. The van der Waals surface area contributed by atoms with Crippen LogP contribution in [0.2, 0.25) is 0 Å². The Balaban J connectivity index is 1.59. The maximum absolute atomic E-state index is 11.5. The maximum Gasteiger partial charge on any atom is 0.358 e. The third kappa shape index (κ3) is 3.97. The van der Waals surface area contributed by atoms with E-state index in [1.807, 2.05) is 36.4 Å². The standard InChI is InChI=1S/C21H23Cl2N3O3/c1-14-10-11-15-7-5-9-18(20(15)25(14)2)28-13-16-6-3-4-8-17(16)26-21(22,23)29-19(27)12-24-26/h3-9,14,24H,10-13H2,1-2H3. The molecule has 2 aromatic carbocycles. The summed E-state index contributed by atoms with van der Waals surface area (Å²) in [6, 6.07) is 14.2. The molecule has 0 amide bonds. The number of anilines is 2. The molecule has 1 atom stereocenters. The van der Waals surface area contributed by atoms with Crippen molar-refractivity contribution in [1.29, 1.82) is 0 Å². The molecule has 154 valence electrons. The molecule has 4 rings (SSSR count). The number of benzene rings is 2. The molecule has 0 spiro atoms. The molecule has 1 N–H and O–H groups in total. The van der Waals surface area contributed by atoms with Gasteiger partial charge >= 0.3 is 10.6 Å². The molecule has 0 aliphatic carbocycles. The van der Waals surface area contributed by atoms with E-state index >= 15 is 0 Å². The number of nitrogens with one attached hydrogen (secondary N) is 1. The Labute approximate surface area is 180 Å². The Morgan fingerprint density at radius 1 is 1.24 bits per heavy atom. The van der Waals surface area contributed by atoms with E-state index in [0.717, 1.165) is 29.8 Å². The van der Waals surface area contributed by atoms with E-state index in [2.05, 4.69) is 30.4 Å². The predicted molar refractivity (Wildman–Crippen MR) is 114 cm³/mol. The van der Waals surface area contributed by atoms with Crippen LogP contribution in [0.25, 0.3) is 0 Å². The van der Waals surface area contributed by atoms with Gasteiger partial charge in [0.05, 0.1) is 11.4 Å². The number of ether oxygens (including phenoxy) is 2. The Bertz CT molecular complexity index is 922. The SMILES string of the molecule is CC1CCc2cccc(OCc3ccccc3N3NCC(=O)OC3(Cl)Cl)c2N1C. The molecule has 8 heteroatoms. The van der Waals surface area contributed by atoms with Crippen molar-refractivity contribution in [2.24, 2.45) is 0 Å². The average molecular weight is 436 g/mol. The zero-order valence-corrected chi connectivity index (χ0v) is 17.8. The summed E-state index contributed by atoms with van der Waals surface area (Å²) < 4.78 is 9.47. The number of cyclic esters (lactones) is 1. The lowest BCUT2D eigenvalue weighted by molar-refractivity contribution is -0.150. The molecule has 2 aliphatic rings. The number of halogens is 2. The number of para-hydroxylation sites is 2. The van der Waals surface area contributed by atoms with Gasteiger partial charge in [-0.25, -0.2) is 10.4 Å². The summed E-state index contributed by atoms with van der Waals surface area (Å²) in [6.07, 6.45) is 2.17. The molecule has 0 saturated carbocycles. The summed E-state index contributed by atoms with van der Waals surface area (Å²) >= 11 is 12.4. The van der Waals surface area contributed by atoms with Gasteiger partial charge in [-0.05, 0) is 60.7 Å². The fourth-order valence-electron chi connectivity index (χ4n) is 3.75. The number of hydrazine groups is 1. The summed E-state index contributed by atoms with van der Waals surface area (Å²) in [7, 11) is 2.10. The van der Waals surface area contributed by atoms with Gasteiger partial charge in [0.2, 0.25) is 0 Å². The molecule has 2 heterocycles. The van der Waals surface area contributed by atoms with Crippen molar-refractivity contribution in [3.05, 3.63) is 53.6 Å². The number of rotatable bonds is 4. The lowest BCUT2D eigenvalue weighted by atomic mass is 9.97. The van der Waals surface area contributed by atoms with Crippen molar-refractivity contribution in [2.45, 2.75) is 37.1 Å². The van der Waals surface area contributed by atoms with Crippen LogP contribution < -0.4 is 20.1 Å². The van der Waals surface area contributed by atoms with Crippen LogP contribution in [0.1, 0.15) is 24.5 Å². The third-order valence-electron chi connectivity index (χ3n) is 5.42. The lowest BCUT2D eigenvalue weighted by Crippen LogP contribution is -2.59. The van der Waals surface area contributed by atoms with Crippen molar-refractivity contribution in [1.82, 2.24) is 5.43 Å². The van der Waals surface area contributed by atoms with E-state index in [1.54, 1.807) is 0 Å². The van der Waals surface area contributed by atoms with Gasteiger partial charge in [-0.1, -0.05) is 30.3 Å². The summed E-state index contributed by atoms with van der Waals surface area (Å²) in [4.78, 5) is 13.8. The van der Waals surface area contributed by atoms with Gasteiger partial charge in [-0.3, -0.25) is 4.79 Å². The highest BCUT2D eigenvalue weighted by Gasteiger charge is 2.42. The zero-order valence-electron chi connectivity index (χ0n) is 16.3. The Hall–Kier alpha value is -2.15. The number of carbonyl (C=O) groups excluding carboxylic acids is 1. The van der Waals surface area contributed by atoms with E-state index in [9.17, 15) is 4.79 Å². The molecule has 0 radical (unpaired) electrons. The summed E-state index contributed by atoms with van der Waals surface area (Å²) in [5.74, 6) is 0.320. The Kier molecular flexibility index (Phi) is 5.51. The Morgan fingerprint density at radius 3 is 2.83 bits per heavy atom. The topological polar surface area (TPSA) is 54.0 Å². The van der Waals surface area contributed by atoms with Crippen molar-refractivity contribution in [3.8, 4) is 5.75 Å². The molecule has 1 saturated heterocycles. The predicted octanol–water partition coefficient (Wildman–Crippen LogP) is 3.99. The van der Waals surface area contributed by atoms with E-state index in [0.29, 0.717) is 18.3 Å². The fourth-order valence-corrected chi connectivity index (χ4v) is 4.22. The monoisotopic (exact) mass is 435 g/mol. The second kappa shape index (κ2) is 7.94. The summed E-state index contributed by atoms with van der Waals surface area (Å²) in [5.41, 5.74) is 6.87. The highest BCUT2D eigenvalue weighted by atomic mass is 35.5. The number of aryl methyl sites for hydroxylation is 1. The Morgan fingerprint density at radius 2 is 2.03 bits per heavy atom. The van der Waals surface area contributed by atoms with Gasteiger partial charge in [0.15, 0.2) is 0 Å². The molecule has 0 aromatic heterocycles. The van der Waals surface area contributed by atoms with Gasteiger partial charge in [-0.2, -0.15) is 0 Å². The zero-order chi connectivity index (χ0) is 20.6. The molecular formula is C21H23Cl2N3O3. The first-order chi connectivity index (χ1) is 13.9. The van der Waals surface area contributed by atoms with Gasteiger partial charge in [0.25, 0.3) is 0 Å². The second-order valence-electron chi connectivity index (χ2n) is 7.31. The molecule has 2 aromatic rings. The third-order valence-corrected chi connectivity index (χ3v) is 5.91. The van der Waals surface area contributed by atoms with Crippen molar-refractivity contribution < 1.29 is 14.3 Å². The van der Waals surface area contributed by atoms with Crippen LogP contribution >= 0.6 is 23.2 Å². The normalized spacial score (nSPS) is 20.8. The van der Waals surface area contributed by atoms with Crippen LogP contribution in [-0.2, 0) is 22.6 Å². The number of esters is 1. The average Bonchev–Trinajstić information content (AvgIpc) is 2.69. The number of hydrogen-bond acceptors (Lipinski definition) is 6. The van der Waals surface area contributed by atoms with Crippen LogP contribution in [0.5, 0.6) is 5.75 Å². The van der Waals surface area contributed by atoms with Crippen LogP contribution in [0.15, 0.2) is 42.5 Å². The van der Waals surface area contributed by atoms with E-state index < -0.39 is 10.6 Å². The summed E-state index contributed by atoms with van der Waals surface area (Å²) in [5, 5.41) is 1.44. The minimum Gasteiger partial charge on any atom is -0.487 e. The van der Waals surface area contributed by atoms with E-state index in [-0.39, 0.29) is 6.54 Å². The number of hydrogen-bond donors (Lipinski definition) is 1. The first-order valence-electron chi connectivity index (χ1n) is 9.55. The number of fused-ring (bicyclic) bond motifs is 1. The van der Waals surface area contributed by atoms with E-state index in [4.69, 9.17) is 32.7 Å². The molecule has 1 fully saturated rings. The quantitative estimate of drug-likeness (QED) is 0.445. The van der Waals surface area contributed by atoms with Crippen molar-refractivity contribution >= 4 is 40.5 Å². The minimum absolute atomic E-state index is 0.0226. The van der Waals surface area contributed by atoms with E-state index in [1.165, 1.54) is 10.6 Å². The van der Waals surface area contributed by atoms with Gasteiger partial charge in [0, 0.05) is 18.7 Å². The van der Waals surface area contributed by atoms with Crippen molar-refractivity contribution in [2.75, 3.05) is 23.5 Å². The number of alkyl halides is 2.